The Labute approximate surface area is 121 Å². The molecular formula is C13H7ClF3NO3. The number of furan rings is 1. The Bertz CT molecular complexity index is 707. The summed E-state index contributed by atoms with van der Waals surface area (Å²) in [6, 6.07) is 5.63. The Hall–Kier alpha value is -2.28. The summed E-state index contributed by atoms with van der Waals surface area (Å²) in [4.78, 5) is 9.51. The third kappa shape index (κ3) is 3.63. The second-order valence-electron chi connectivity index (χ2n) is 4.00. The van der Waals surface area contributed by atoms with Gasteiger partial charge < -0.3 is 4.42 Å². The van der Waals surface area contributed by atoms with E-state index >= 15 is 0 Å². The molecule has 0 bridgehead atoms. The molecule has 0 aliphatic heterocycles. The number of nitrogens with zero attached hydrogens (tertiary/aromatic N) is 1. The predicted octanol–water partition coefficient (Wildman–Crippen LogP) is 4.87. The fourth-order valence-corrected chi connectivity index (χ4v) is 1.82. The van der Waals surface area contributed by atoms with Crippen LogP contribution in [0.4, 0.5) is 13.2 Å². The van der Waals surface area contributed by atoms with Gasteiger partial charge in [-0.15, -0.1) is 0 Å². The summed E-state index contributed by atoms with van der Waals surface area (Å²) in [7, 11) is 0. The van der Waals surface area contributed by atoms with Crippen molar-refractivity contribution in [2.75, 3.05) is 0 Å². The zero-order valence-electron chi connectivity index (χ0n) is 10.2. The largest absolute Gasteiger partial charge is 0.456 e. The third-order valence-corrected chi connectivity index (χ3v) is 2.88. The molecular weight excluding hydrogens is 311 g/mol. The smallest absolute Gasteiger partial charge is 0.416 e. The van der Waals surface area contributed by atoms with E-state index in [1.54, 1.807) is 0 Å². The molecule has 0 atom stereocenters. The summed E-state index contributed by atoms with van der Waals surface area (Å²) in [5.41, 5.74) is -0.798. The maximum absolute atomic E-state index is 12.7. The van der Waals surface area contributed by atoms with E-state index < -0.39 is 16.7 Å². The summed E-state index contributed by atoms with van der Waals surface area (Å²) in [5.74, 6) is 0.226. The maximum atomic E-state index is 12.7. The molecule has 0 radical (unpaired) electrons. The lowest BCUT2D eigenvalue weighted by Gasteiger charge is -2.09. The molecule has 110 valence electrons. The van der Waals surface area contributed by atoms with E-state index in [4.69, 9.17) is 16.0 Å². The van der Waals surface area contributed by atoms with E-state index in [-0.39, 0.29) is 22.1 Å². The first-order valence-electron chi connectivity index (χ1n) is 5.56. The van der Waals surface area contributed by atoms with Crippen LogP contribution in [0.5, 0.6) is 0 Å². The van der Waals surface area contributed by atoms with E-state index in [2.05, 4.69) is 0 Å². The van der Waals surface area contributed by atoms with E-state index in [9.17, 15) is 23.3 Å². The van der Waals surface area contributed by atoms with Gasteiger partial charge in [0, 0.05) is 5.56 Å². The highest BCUT2D eigenvalue weighted by Gasteiger charge is 2.31. The Morgan fingerprint density at radius 1 is 1.24 bits per heavy atom. The van der Waals surface area contributed by atoms with Crippen molar-refractivity contribution in [1.29, 1.82) is 0 Å². The fraction of sp³-hybridized carbons (Fsp3) is 0.0769. The zero-order chi connectivity index (χ0) is 15.6. The third-order valence-electron chi connectivity index (χ3n) is 2.55. The molecule has 0 aliphatic carbocycles. The zero-order valence-corrected chi connectivity index (χ0v) is 11.0. The first-order valence-corrected chi connectivity index (χ1v) is 5.94. The fourth-order valence-electron chi connectivity index (χ4n) is 1.61. The van der Waals surface area contributed by atoms with Crippen LogP contribution in [-0.2, 0) is 6.18 Å². The molecule has 0 amide bonds. The van der Waals surface area contributed by atoms with Gasteiger partial charge in [-0.05, 0) is 30.3 Å². The SMILES string of the molecule is O=[N+]([O-])C=Cc1ccc(-c2cc(C(F)(F)F)ccc2Cl)o1. The normalized spacial score (nSPS) is 12.0. The number of rotatable bonds is 3. The quantitative estimate of drug-likeness (QED) is 0.599. The van der Waals surface area contributed by atoms with Crippen LogP contribution in [0, 0.1) is 10.1 Å². The van der Waals surface area contributed by atoms with Crippen molar-refractivity contribution in [2.45, 2.75) is 6.18 Å². The lowest BCUT2D eigenvalue weighted by atomic mass is 10.1. The Morgan fingerprint density at radius 3 is 2.57 bits per heavy atom. The first kappa shape index (κ1) is 15.1. The molecule has 1 aromatic heterocycles. The molecule has 0 saturated carbocycles. The molecule has 0 fully saturated rings. The molecule has 2 rings (SSSR count). The molecule has 0 aliphatic rings. The lowest BCUT2D eigenvalue weighted by molar-refractivity contribution is -0.401. The Balaban J connectivity index is 2.40. The average molecular weight is 318 g/mol. The van der Waals surface area contributed by atoms with E-state index in [1.165, 1.54) is 12.1 Å². The van der Waals surface area contributed by atoms with Crippen molar-refractivity contribution in [3.8, 4) is 11.3 Å². The first-order chi connectivity index (χ1) is 9.77. The molecule has 8 heteroatoms. The van der Waals surface area contributed by atoms with Gasteiger partial charge in [-0.1, -0.05) is 11.6 Å². The van der Waals surface area contributed by atoms with E-state index in [1.807, 2.05) is 0 Å². The van der Waals surface area contributed by atoms with Crippen molar-refractivity contribution in [1.82, 2.24) is 0 Å². The van der Waals surface area contributed by atoms with Crippen molar-refractivity contribution < 1.29 is 22.5 Å². The number of hydrogen-bond donors (Lipinski definition) is 0. The van der Waals surface area contributed by atoms with Crippen molar-refractivity contribution >= 4 is 17.7 Å². The number of benzene rings is 1. The standard InChI is InChI=1S/C13H7ClF3NO3/c14-11-3-1-8(13(15,16)17)7-10(11)12-4-2-9(21-12)5-6-18(19)20/h1-7H. The molecule has 1 aromatic carbocycles. The van der Waals surface area contributed by atoms with Gasteiger partial charge in [0.25, 0.3) is 0 Å². The lowest BCUT2D eigenvalue weighted by Crippen LogP contribution is -2.04. The molecule has 21 heavy (non-hydrogen) atoms. The average Bonchev–Trinajstić information content (AvgIpc) is 2.84. The molecule has 4 nitrogen and oxygen atoms in total. The monoisotopic (exact) mass is 317 g/mol. The summed E-state index contributed by atoms with van der Waals surface area (Å²) in [5, 5.41) is 10.3. The molecule has 1 heterocycles. The van der Waals surface area contributed by atoms with Crippen molar-refractivity contribution in [3.63, 3.8) is 0 Å². The van der Waals surface area contributed by atoms with Crippen LogP contribution in [-0.4, -0.2) is 4.92 Å². The van der Waals surface area contributed by atoms with E-state index in [0.29, 0.717) is 6.20 Å². The predicted molar refractivity (Wildman–Crippen MR) is 70.2 cm³/mol. The maximum Gasteiger partial charge on any atom is 0.416 e. The van der Waals surface area contributed by atoms with Gasteiger partial charge in [0.15, 0.2) is 0 Å². The van der Waals surface area contributed by atoms with Gasteiger partial charge in [0.05, 0.1) is 21.6 Å². The van der Waals surface area contributed by atoms with Crippen molar-refractivity contribution in [2.24, 2.45) is 0 Å². The van der Waals surface area contributed by atoms with Gasteiger partial charge >= 0.3 is 6.18 Å². The van der Waals surface area contributed by atoms with Gasteiger partial charge in [0.1, 0.15) is 11.5 Å². The van der Waals surface area contributed by atoms with Crippen LogP contribution in [0.25, 0.3) is 17.4 Å². The highest BCUT2D eigenvalue weighted by atomic mass is 35.5. The number of nitro groups is 1. The highest BCUT2D eigenvalue weighted by molar-refractivity contribution is 6.33. The van der Waals surface area contributed by atoms with Crippen LogP contribution in [0.15, 0.2) is 40.9 Å². The van der Waals surface area contributed by atoms with Gasteiger partial charge in [0.2, 0.25) is 6.20 Å². The van der Waals surface area contributed by atoms with Crippen LogP contribution in [0.2, 0.25) is 5.02 Å². The van der Waals surface area contributed by atoms with Crippen LogP contribution >= 0.6 is 11.6 Å². The minimum atomic E-state index is -4.50. The minimum Gasteiger partial charge on any atom is -0.456 e. The highest BCUT2D eigenvalue weighted by Crippen LogP contribution is 2.36. The summed E-state index contributed by atoms with van der Waals surface area (Å²) < 4.78 is 43.2. The second-order valence-corrected chi connectivity index (χ2v) is 4.40. The summed E-state index contributed by atoms with van der Waals surface area (Å²) in [6.45, 7) is 0. The van der Waals surface area contributed by atoms with Crippen molar-refractivity contribution in [3.05, 3.63) is 63.0 Å². The summed E-state index contributed by atoms with van der Waals surface area (Å²) >= 11 is 5.86. The van der Waals surface area contributed by atoms with Crippen LogP contribution in [0.3, 0.4) is 0 Å². The molecule has 2 aromatic rings. The number of halogens is 4. The van der Waals surface area contributed by atoms with Gasteiger partial charge in [-0.25, -0.2) is 0 Å². The summed E-state index contributed by atoms with van der Waals surface area (Å²) in [6.07, 6.45) is -2.75. The van der Waals surface area contributed by atoms with E-state index in [0.717, 1.165) is 24.3 Å². The van der Waals surface area contributed by atoms with Gasteiger partial charge in [-0.2, -0.15) is 13.2 Å². The molecule has 0 N–H and O–H groups in total. The number of hydrogen-bond acceptors (Lipinski definition) is 3. The topological polar surface area (TPSA) is 56.3 Å². The Kier molecular flexibility index (Phi) is 4.04. The minimum absolute atomic E-state index is 0.0623. The number of alkyl halides is 3. The molecule has 0 unspecified atom stereocenters. The molecule has 0 spiro atoms. The Morgan fingerprint density at radius 2 is 1.95 bits per heavy atom. The molecule has 0 saturated heterocycles. The van der Waals surface area contributed by atoms with Gasteiger partial charge in [-0.3, -0.25) is 10.1 Å². The van der Waals surface area contributed by atoms with Crippen LogP contribution in [0.1, 0.15) is 11.3 Å². The van der Waals surface area contributed by atoms with Crippen LogP contribution < -0.4 is 0 Å². The second kappa shape index (κ2) is 5.61.